The maximum Gasteiger partial charge on any atom is 0.250 e. The molecule has 0 atom stereocenters. The first kappa shape index (κ1) is 14.2. The van der Waals surface area contributed by atoms with Gasteiger partial charge in [0, 0.05) is 17.2 Å². The Morgan fingerprint density at radius 1 is 1.27 bits per heavy atom. The molecule has 7 heteroatoms. The maximum absolute atomic E-state index is 11.8. The van der Waals surface area contributed by atoms with Crippen LogP contribution in [0.15, 0.2) is 48.8 Å². The number of aryl methyl sites for hydroxylation is 1. The molecule has 2 heterocycles. The molecule has 3 aromatic rings. The van der Waals surface area contributed by atoms with Crippen LogP contribution in [0.3, 0.4) is 0 Å². The predicted octanol–water partition coefficient (Wildman–Crippen LogP) is 2.68. The van der Waals surface area contributed by atoms with Crippen LogP contribution in [-0.2, 0) is 4.79 Å². The highest BCUT2D eigenvalue weighted by atomic mass is 32.1. The molecule has 0 aliphatic heterocycles. The SMILES string of the molecule is Cc1cnc(NC(=O)/C=C/c2cnn(-c3ccccc3)n2)s1. The van der Waals surface area contributed by atoms with E-state index in [4.69, 9.17) is 0 Å². The van der Waals surface area contributed by atoms with E-state index in [9.17, 15) is 4.79 Å². The summed E-state index contributed by atoms with van der Waals surface area (Å²) in [6.07, 6.45) is 6.35. The van der Waals surface area contributed by atoms with Crippen molar-refractivity contribution >= 4 is 28.5 Å². The van der Waals surface area contributed by atoms with Gasteiger partial charge in [0.05, 0.1) is 11.9 Å². The zero-order valence-electron chi connectivity index (χ0n) is 11.8. The monoisotopic (exact) mass is 311 g/mol. The second-order valence-corrected chi connectivity index (χ2v) is 5.73. The lowest BCUT2D eigenvalue weighted by Crippen LogP contribution is -2.07. The largest absolute Gasteiger partial charge is 0.298 e. The van der Waals surface area contributed by atoms with Gasteiger partial charge in [0.15, 0.2) is 5.13 Å². The van der Waals surface area contributed by atoms with Gasteiger partial charge in [0.1, 0.15) is 5.69 Å². The van der Waals surface area contributed by atoms with Crippen molar-refractivity contribution in [3.8, 4) is 5.69 Å². The lowest BCUT2D eigenvalue weighted by molar-refractivity contribution is -0.111. The van der Waals surface area contributed by atoms with Gasteiger partial charge in [0.25, 0.3) is 0 Å². The minimum absolute atomic E-state index is 0.247. The van der Waals surface area contributed by atoms with E-state index >= 15 is 0 Å². The number of aromatic nitrogens is 4. The Balaban J connectivity index is 1.66. The summed E-state index contributed by atoms with van der Waals surface area (Å²) in [6, 6.07) is 9.57. The average molecular weight is 311 g/mol. The third-order valence-electron chi connectivity index (χ3n) is 2.75. The standard InChI is InChI=1S/C15H13N5OS/c1-11-9-16-15(22-11)18-14(21)8-7-12-10-17-20(19-12)13-5-3-2-4-6-13/h2-10H,1H3,(H,16,18,21)/b8-7+. The minimum Gasteiger partial charge on any atom is -0.298 e. The Hall–Kier alpha value is -2.80. The van der Waals surface area contributed by atoms with Crippen molar-refractivity contribution in [1.82, 2.24) is 20.0 Å². The minimum atomic E-state index is -0.247. The number of nitrogens with zero attached hydrogens (tertiary/aromatic N) is 4. The van der Waals surface area contributed by atoms with Crippen LogP contribution >= 0.6 is 11.3 Å². The second kappa shape index (κ2) is 6.31. The van der Waals surface area contributed by atoms with Gasteiger partial charge >= 0.3 is 0 Å². The molecule has 0 saturated carbocycles. The van der Waals surface area contributed by atoms with Crippen molar-refractivity contribution in [2.24, 2.45) is 0 Å². The highest BCUT2D eigenvalue weighted by Crippen LogP contribution is 2.16. The molecule has 0 spiro atoms. The zero-order chi connectivity index (χ0) is 15.4. The lowest BCUT2D eigenvalue weighted by Gasteiger charge is -1.96. The Labute approximate surface area is 131 Å². The third-order valence-corrected chi connectivity index (χ3v) is 3.58. The topological polar surface area (TPSA) is 72.7 Å². The molecule has 0 radical (unpaired) electrons. The highest BCUT2D eigenvalue weighted by Gasteiger charge is 2.03. The molecule has 0 saturated heterocycles. The molecule has 0 unspecified atom stereocenters. The van der Waals surface area contributed by atoms with E-state index in [-0.39, 0.29) is 5.91 Å². The summed E-state index contributed by atoms with van der Waals surface area (Å²) in [5, 5.41) is 11.7. The third kappa shape index (κ3) is 3.44. The zero-order valence-corrected chi connectivity index (χ0v) is 12.6. The number of thiazole rings is 1. The summed E-state index contributed by atoms with van der Waals surface area (Å²) in [6.45, 7) is 1.94. The fraction of sp³-hybridized carbons (Fsp3) is 0.0667. The Bertz CT molecular complexity index is 806. The maximum atomic E-state index is 11.8. The average Bonchev–Trinajstić information content (AvgIpc) is 3.15. The van der Waals surface area contributed by atoms with Crippen molar-refractivity contribution in [3.05, 3.63) is 59.4 Å². The number of carbonyl (C=O) groups excluding carboxylic acids is 1. The summed E-state index contributed by atoms with van der Waals surface area (Å²) >= 11 is 1.43. The molecule has 2 aromatic heterocycles. The molecule has 22 heavy (non-hydrogen) atoms. The number of para-hydroxylation sites is 1. The molecule has 6 nitrogen and oxygen atoms in total. The van der Waals surface area contributed by atoms with Gasteiger partial charge in [-0.05, 0) is 25.1 Å². The van der Waals surface area contributed by atoms with Crippen molar-refractivity contribution < 1.29 is 4.79 Å². The smallest absolute Gasteiger partial charge is 0.250 e. The highest BCUT2D eigenvalue weighted by molar-refractivity contribution is 7.15. The lowest BCUT2D eigenvalue weighted by atomic mass is 10.3. The van der Waals surface area contributed by atoms with E-state index < -0.39 is 0 Å². The van der Waals surface area contributed by atoms with E-state index in [0.29, 0.717) is 10.8 Å². The van der Waals surface area contributed by atoms with Gasteiger partial charge in [-0.3, -0.25) is 10.1 Å². The van der Waals surface area contributed by atoms with E-state index in [1.54, 1.807) is 18.5 Å². The first-order valence-electron chi connectivity index (χ1n) is 6.60. The molecular weight excluding hydrogens is 298 g/mol. The van der Waals surface area contributed by atoms with Crippen LogP contribution in [0.5, 0.6) is 0 Å². The Morgan fingerprint density at radius 3 is 2.82 bits per heavy atom. The van der Waals surface area contributed by atoms with Crippen LogP contribution < -0.4 is 5.32 Å². The predicted molar refractivity (Wildman–Crippen MR) is 85.9 cm³/mol. The number of amides is 1. The first-order chi connectivity index (χ1) is 10.7. The van der Waals surface area contributed by atoms with Gasteiger partial charge in [-0.25, -0.2) is 4.98 Å². The van der Waals surface area contributed by atoms with Crippen molar-refractivity contribution in [1.29, 1.82) is 0 Å². The molecule has 1 amide bonds. The Kier molecular flexibility index (Phi) is 4.06. The van der Waals surface area contributed by atoms with Crippen LogP contribution in [0.2, 0.25) is 0 Å². The fourth-order valence-electron chi connectivity index (χ4n) is 1.76. The quantitative estimate of drug-likeness (QED) is 0.752. The number of rotatable bonds is 4. The van der Waals surface area contributed by atoms with Crippen LogP contribution in [0.25, 0.3) is 11.8 Å². The summed E-state index contributed by atoms with van der Waals surface area (Å²) in [5.41, 5.74) is 1.47. The summed E-state index contributed by atoms with van der Waals surface area (Å²) < 4.78 is 0. The number of anilines is 1. The number of carbonyl (C=O) groups is 1. The van der Waals surface area contributed by atoms with Gasteiger partial charge < -0.3 is 0 Å². The van der Waals surface area contributed by atoms with Gasteiger partial charge in [-0.15, -0.1) is 16.4 Å². The molecule has 0 aliphatic rings. The second-order valence-electron chi connectivity index (χ2n) is 4.49. The number of nitrogens with one attached hydrogen (secondary N) is 1. The van der Waals surface area contributed by atoms with Gasteiger partial charge in [0.2, 0.25) is 5.91 Å². The van der Waals surface area contributed by atoms with E-state index in [1.165, 1.54) is 22.2 Å². The van der Waals surface area contributed by atoms with Gasteiger partial charge in [-0.1, -0.05) is 18.2 Å². The van der Waals surface area contributed by atoms with Crippen LogP contribution in [-0.4, -0.2) is 25.9 Å². The molecular formula is C15H13N5OS. The van der Waals surface area contributed by atoms with Crippen molar-refractivity contribution in [3.63, 3.8) is 0 Å². The molecule has 0 fully saturated rings. The fourth-order valence-corrected chi connectivity index (χ4v) is 2.43. The number of benzene rings is 1. The molecule has 1 N–H and O–H groups in total. The summed E-state index contributed by atoms with van der Waals surface area (Å²) in [5.74, 6) is -0.247. The normalized spacial score (nSPS) is 11.0. The van der Waals surface area contributed by atoms with E-state index in [2.05, 4.69) is 20.5 Å². The molecule has 0 aliphatic carbocycles. The van der Waals surface area contributed by atoms with E-state index in [1.807, 2.05) is 37.3 Å². The Morgan fingerprint density at radius 2 is 2.09 bits per heavy atom. The summed E-state index contributed by atoms with van der Waals surface area (Å²) in [7, 11) is 0. The molecule has 0 bridgehead atoms. The van der Waals surface area contributed by atoms with Crippen LogP contribution in [0.1, 0.15) is 10.6 Å². The van der Waals surface area contributed by atoms with Crippen LogP contribution in [0, 0.1) is 6.92 Å². The van der Waals surface area contributed by atoms with E-state index in [0.717, 1.165) is 10.6 Å². The molecule has 3 rings (SSSR count). The summed E-state index contributed by atoms with van der Waals surface area (Å²) in [4.78, 5) is 18.4. The van der Waals surface area contributed by atoms with Crippen molar-refractivity contribution in [2.75, 3.05) is 5.32 Å². The first-order valence-corrected chi connectivity index (χ1v) is 7.41. The van der Waals surface area contributed by atoms with Crippen molar-refractivity contribution in [2.45, 2.75) is 6.92 Å². The van der Waals surface area contributed by atoms with Gasteiger partial charge in [-0.2, -0.15) is 9.90 Å². The van der Waals surface area contributed by atoms with Crippen LogP contribution in [0.4, 0.5) is 5.13 Å². The molecule has 110 valence electrons. The molecule has 1 aromatic carbocycles. The number of hydrogen-bond acceptors (Lipinski definition) is 5. The number of hydrogen-bond donors (Lipinski definition) is 1.